The lowest BCUT2D eigenvalue weighted by molar-refractivity contribution is -0.142. The summed E-state index contributed by atoms with van der Waals surface area (Å²) in [6.45, 7) is 5.90. The molecule has 1 N–H and O–H groups in total. The Labute approximate surface area is 286 Å². The molecule has 0 bridgehead atoms. The van der Waals surface area contributed by atoms with E-state index in [9.17, 15) is 32.1 Å². The van der Waals surface area contributed by atoms with Crippen LogP contribution in [0.3, 0.4) is 0 Å². The van der Waals surface area contributed by atoms with Crippen LogP contribution in [0.25, 0.3) is 10.9 Å². The van der Waals surface area contributed by atoms with E-state index >= 15 is 0 Å². The molecule has 13 heteroatoms. The molecule has 0 aliphatic carbocycles. The molecular weight excluding hydrogens is 658 g/mol. The van der Waals surface area contributed by atoms with E-state index in [1.807, 2.05) is 25.3 Å². The zero-order valence-corrected chi connectivity index (χ0v) is 29.2. The van der Waals surface area contributed by atoms with Gasteiger partial charge in [0.1, 0.15) is 5.56 Å². The second-order valence-electron chi connectivity index (χ2n) is 12.4. The Bertz CT molecular complexity index is 1850. The number of aromatic nitrogens is 1. The zero-order chi connectivity index (χ0) is 35.5. The van der Waals surface area contributed by atoms with Crippen LogP contribution in [0, 0.1) is 11.8 Å². The van der Waals surface area contributed by atoms with Crippen molar-refractivity contribution in [3.8, 4) is 11.8 Å². The van der Waals surface area contributed by atoms with Crippen molar-refractivity contribution in [2.24, 2.45) is 0 Å². The van der Waals surface area contributed by atoms with E-state index in [2.05, 4.69) is 17.2 Å². The van der Waals surface area contributed by atoms with Gasteiger partial charge in [-0.3, -0.25) is 19.2 Å². The Hall–Kier alpha value is -4.18. The number of ether oxygens (including phenoxy) is 1. The van der Waals surface area contributed by atoms with Crippen molar-refractivity contribution >= 4 is 50.4 Å². The van der Waals surface area contributed by atoms with E-state index in [0.29, 0.717) is 47.2 Å². The molecule has 0 saturated heterocycles. The average molecular weight is 699 g/mol. The third kappa shape index (κ3) is 12.1. The fraction of sp³-hybridized carbons (Fsp3) is 0.429. The van der Waals surface area contributed by atoms with Gasteiger partial charge in [-0.2, -0.15) is 0 Å². The maximum atomic E-state index is 13.5. The first-order valence-corrected chi connectivity index (χ1v) is 17.6. The van der Waals surface area contributed by atoms with Gasteiger partial charge in [0.2, 0.25) is 11.3 Å². The van der Waals surface area contributed by atoms with Crippen molar-refractivity contribution in [1.29, 1.82) is 0 Å². The standard InChI is InChI=1S/C35H42ClN3O8S/c1-35(2,3)39-24-29(34(43)37-23-26-13-16-27(36)17-14-26)33(42)28-22-25(15-18-30(28)39)10-9-20-47-32(41)12-8-6-5-7-11-31(40)38(4)19-21-48(44,45)46/h13-18,22,24H,5-8,11-12,19-21,23H2,1-4H3,(H,37,43)(H,44,45,46)/p-1. The molecule has 0 radical (unpaired) electrons. The molecule has 11 nitrogen and oxygen atoms in total. The number of rotatable bonds is 14. The van der Waals surface area contributed by atoms with Crippen molar-refractivity contribution < 1.29 is 32.1 Å². The van der Waals surface area contributed by atoms with Gasteiger partial charge in [0.15, 0.2) is 6.61 Å². The highest BCUT2D eigenvalue weighted by atomic mass is 35.5. The summed E-state index contributed by atoms with van der Waals surface area (Å²) in [6, 6.07) is 12.3. The third-order valence-corrected chi connectivity index (χ3v) is 8.43. The SMILES string of the molecule is CN(CCS(=O)(=O)[O-])C(=O)CCCCCCC(=O)OCC#Cc1ccc2c(c1)c(=O)c(C(=O)NCc1ccc(Cl)cc1)cn2C(C)(C)C. The molecule has 2 amide bonds. The normalized spacial score (nSPS) is 11.5. The second-order valence-corrected chi connectivity index (χ2v) is 14.4. The number of halogens is 1. The van der Waals surface area contributed by atoms with Crippen molar-refractivity contribution in [3.63, 3.8) is 0 Å². The van der Waals surface area contributed by atoms with Crippen LogP contribution in [-0.2, 0) is 36.5 Å². The highest BCUT2D eigenvalue weighted by Crippen LogP contribution is 2.22. The molecule has 0 unspecified atom stereocenters. The smallest absolute Gasteiger partial charge is 0.306 e. The predicted molar refractivity (Wildman–Crippen MR) is 184 cm³/mol. The predicted octanol–water partition coefficient (Wildman–Crippen LogP) is 4.58. The van der Waals surface area contributed by atoms with Gasteiger partial charge in [0.05, 0.1) is 21.4 Å². The Balaban J connectivity index is 1.54. The first-order valence-electron chi connectivity index (χ1n) is 15.6. The molecule has 0 aliphatic heterocycles. The highest BCUT2D eigenvalue weighted by Gasteiger charge is 2.21. The van der Waals surface area contributed by atoms with Gasteiger partial charge in [0, 0.05) is 60.7 Å². The first kappa shape index (κ1) is 38.3. The summed E-state index contributed by atoms with van der Waals surface area (Å²) in [7, 11) is -2.91. The van der Waals surface area contributed by atoms with Crippen LogP contribution in [0.5, 0.6) is 0 Å². The second kappa shape index (κ2) is 17.3. The molecule has 0 spiro atoms. The molecule has 0 saturated carbocycles. The number of unbranched alkanes of at least 4 members (excludes halogenated alkanes) is 3. The first-order chi connectivity index (χ1) is 22.5. The van der Waals surface area contributed by atoms with E-state index in [4.69, 9.17) is 16.3 Å². The number of amides is 2. The number of fused-ring (bicyclic) bond motifs is 1. The molecular formula is C35H41ClN3O8S-. The Morgan fingerprint density at radius 1 is 1.02 bits per heavy atom. The molecule has 2 aromatic carbocycles. The van der Waals surface area contributed by atoms with Crippen molar-refractivity contribution in [3.05, 3.63) is 80.6 Å². The molecule has 48 heavy (non-hydrogen) atoms. The van der Waals surface area contributed by atoms with Crippen molar-refractivity contribution in [2.75, 3.05) is 26.0 Å². The van der Waals surface area contributed by atoms with Crippen LogP contribution in [-0.4, -0.2) is 66.2 Å². The average Bonchev–Trinajstić information content (AvgIpc) is 3.02. The summed E-state index contributed by atoms with van der Waals surface area (Å²) >= 11 is 5.95. The van der Waals surface area contributed by atoms with Gasteiger partial charge in [-0.1, -0.05) is 48.4 Å². The summed E-state index contributed by atoms with van der Waals surface area (Å²) < 4.78 is 39.2. The zero-order valence-electron chi connectivity index (χ0n) is 27.6. The van der Waals surface area contributed by atoms with E-state index < -0.39 is 38.7 Å². The highest BCUT2D eigenvalue weighted by molar-refractivity contribution is 7.85. The van der Waals surface area contributed by atoms with Crippen LogP contribution in [0.1, 0.15) is 80.8 Å². The minimum Gasteiger partial charge on any atom is -0.748 e. The van der Waals surface area contributed by atoms with E-state index in [1.54, 1.807) is 48.7 Å². The van der Waals surface area contributed by atoms with Gasteiger partial charge in [0.25, 0.3) is 5.91 Å². The summed E-state index contributed by atoms with van der Waals surface area (Å²) in [4.78, 5) is 52.0. The molecule has 0 aliphatic rings. The number of carbonyl (C=O) groups excluding carboxylic acids is 3. The number of carbonyl (C=O) groups is 3. The molecule has 1 heterocycles. The lowest BCUT2D eigenvalue weighted by atomic mass is 10.0. The number of hydrogen-bond donors (Lipinski definition) is 1. The fourth-order valence-electron chi connectivity index (χ4n) is 4.79. The number of nitrogens with zero attached hydrogens (tertiary/aromatic N) is 2. The van der Waals surface area contributed by atoms with E-state index in [-0.39, 0.29) is 44.0 Å². The lowest BCUT2D eigenvalue weighted by Gasteiger charge is -2.26. The van der Waals surface area contributed by atoms with Crippen LogP contribution < -0.4 is 10.7 Å². The molecule has 3 rings (SSSR count). The summed E-state index contributed by atoms with van der Waals surface area (Å²) in [5.74, 6) is 3.98. The third-order valence-electron chi connectivity index (χ3n) is 7.50. The Morgan fingerprint density at radius 3 is 2.33 bits per heavy atom. The van der Waals surface area contributed by atoms with Gasteiger partial charge in [-0.25, -0.2) is 8.42 Å². The Kier molecular flexibility index (Phi) is 13.8. The van der Waals surface area contributed by atoms with Crippen LogP contribution in [0.4, 0.5) is 0 Å². The fourth-order valence-corrected chi connectivity index (χ4v) is 5.42. The quantitative estimate of drug-likeness (QED) is 0.111. The van der Waals surface area contributed by atoms with E-state index in [0.717, 1.165) is 5.56 Å². The number of esters is 1. The monoisotopic (exact) mass is 698 g/mol. The van der Waals surface area contributed by atoms with E-state index in [1.165, 1.54) is 11.9 Å². The molecule has 1 aromatic heterocycles. The Morgan fingerprint density at radius 2 is 1.69 bits per heavy atom. The molecule has 3 aromatic rings. The number of nitrogens with one attached hydrogen (secondary N) is 1. The largest absolute Gasteiger partial charge is 0.748 e. The number of benzene rings is 2. The molecule has 0 fully saturated rings. The minimum atomic E-state index is -4.37. The summed E-state index contributed by atoms with van der Waals surface area (Å²) in [5.41, 5.74) is 1.19. The van der Waals surface area contributed by atoms with Crippen molar-refractivity contribution in [2.45, 2.75) is 71.4 Å². The van der Waals surface area contributed by atoms with Gasteiger partial charge in [-0.05, 0) is 69.5 Å². The van der Waals surface area contributed by atoms with Crippen LogP contribution >= 0.6 is 11.6 Å². The van der Waals surface area contributed by atoms with Crippen molar-refractivity contribution in [1.82, 2.24) is 14.8 Å². The topological polar surface area (TPSA) is 155 Å². The minimum absolute atomic E-state index is 0.0119. The van der Waals surface area contributed by atoms with Gasteiger partial charge >= 0.3 is 5.97 Å². The maximum Gasteiger partial charge on any atom is 0.306 e. The maximum absolute atomic E-state index is 13.5. The number of pyridine rings is 1. The van der Waals surface area contributed by atoms with Crippen LogP contribution in [0.15, 0.2) is 53.5 Å². The van der Waals surface area contributed by atoms with Gasteiger partial charge < -0.3 is 24.1 Å². The molecule has 258 valence electrons. The summed E-state index contributed by atoms with van der Waals surface area (Å²) in [5, 5.41) is 3.75. The van der Waals surface area contributed by atoms with Gasteiger partial charge in [-0.15, -0.1) is 0 Å². The lowest BCUT2D eigenvalue weighted by Crippen LogP contribution is -2.32. The van der Waals surface area contributed by atoms with Crippen LogP contribution in [0.2, 0.25) is 5.02 Å². The summed E-state index contributed by atoms with van der Waals surface area (Å²) in [6.07, 6.45) is 4.57. The number of hydrogen-bond acceptors (Lipinski definition) is 8. The molecule has 0 atom stereocenters.